The van der Waals surface area contributed by atoms with E-state index in [1.54, 1.807) is 18.3 Å². The molecule has 5 nitrogen and oxygen atoms in total. The Morgan fingerprint density at radius 1 is 1.12 bits per heavy atom. The van der Waals surface area contributed by atoms with Gasteiger partial charge in [-0.3, -0.25) is 14.6 Å². The third-order valence-corrected chi connectivity index (χ3v) is 4.55. The normalized spacial score (nSPS) is 14.2. The first-order valence-corrected chi connectivity index (χ1v) is 8.78. The van der Waals surface area contributed by atoms with Crippen LogP contribution < -0.4 is 10.6 Å². The van der Waals surface area contributed by atoms with Crippen molar-refractivity contribution in [1.82, 2.24) is 10.3 Å². The Morgan fingerprint density at radius 3 is 2.72 bits per heavy atom. The summed E-state index contributed by atoms with van der Waals surface area (Å²) < 4.78 is 0. The fraction of sp³-hybridized carbons (Fsp3) is 0.350. The topological polar surface area (TPSA) is 71.1 Å². The van der Waals surface area contributed by atoms with E-state index >= 15 is 0 Å². The van der Waals surface area contributed by atoms with E-state index in [-0.39, 0.29) is 11.8 Å². The molecule has 1 aromatic carbocycles. The van der Waals surface area contributed by atoms with Gasteiger partial charge in [-0.25, -0.2) is 0 Å². The molecule has 0 unspecified atom stereocenters. The molecule has 0 aliphatic heterocycles. The molecule has 25 heavy (non-hydrogen) atoms. The van der Waals surface area contributed by atoms with Gasteiger partial charge in [0.2, 0.25) is 5.91 Å². The minimum Gasteiger partial charge on any atom is -0.352 e. The molecular formula is C20H23N3O2. The Hall–Kier alpha value is -2.69. The van der Waals surface area contributed by atoms with Crippen LogP contribution in [0, 0.1) is 5.92 Å². The van der Waals surface area contributed by atoms with Gasteiger partial charge in [-0.1, -0.05) is 25.0 Å². The molecule has 130 valence electrons. The molecule has 5 heteroatoms. The molecule has 1 saturated carbocycles. The van der Waals surface area contributed by atoms with Crippen molar-refractivity contribution in [2.24, 2.45) is 5.92 Å². The summed E-state index contributed by atoms with van der Waals surface area (Å²) in [5, 5.41) is 5.83. The van der Waals surface area contributed by atoms with E-state index < -0.39 is 0 Å². The smallest absolute Gasteiger partial charge is 0.257 e. The zero-order valence-electron chi connectivity index (χ0n) is 14.2. The van der Waals surface area contributed by atoms with Crippen molar-refractivity contribution in [3.63, 3.8) is 0 Å². The minimum absolute atomic E-state index is 0.108. The van der Waals surface area contributed by atoms with Gasteiger partial charge >= 0.3 is 0 Å². The van der Waals surface area contributed by atoms with Gasteiger partial charge in [0.25, 0.3) is 5.91 Å². The van der Waals surface area contributed by atoms with Gasteiger partial charge in [0.05, 0.1) is 5.56 Å². The van der Waals surface area contributed by atoms with Crippen molar-refractivity contribution < 1.29 is 9.59 Å². The van der Waals surface area contributed by atoms with Crippen molar-refractivity contribution in [2.75, 3.05) is 5.32 Å². The lowest BCUT2D eigenvalue weighted by Gasteiger charge is -2.11. The number of nitrogens with zero attached hydrogens (tertiary/aromatic N) is 1. The molecule has 0 saturated heterocycles. The first-order chi connectivity index (χ1) is 12.2. The van der Waals surface area contributed by atoms with E-state index in [0.717, 1.165) is 5.56 Å². The van der Waals surface area contributed by atoms with Crippen LogP contribution in [0.3, 0.4) is 0 Å². The molecule has 0 atom stereocenters. The van der Waals surface area contributed by atoms with E-state index in [2.05, 4.69) is 15.6 Å². The lowest BCUT2D eigenvalue weighted by Crippen LogP contribution is -2.24. The lowest BCUT2D eigenvalue weighted by atomic mass is 10.0. The number of anilines is 1. The van der Waals surface area contributed by atoms with Crippen LogP contribution in [0.25, 0.3) is 0 Å². The quantitative estimate of drug-likeness (QED) is 0.847. The van der Waals surface area contributed by atoms with Gasteiger partial charge in [0.15, 0.2) is 0 Å². The summed E-state index contributed by atoms with van der Waals surface area (Å²) in [5.41, 5.74) is 2.18. The Bertz CT molecular complexity index is 725. The Kier molecular flexibility index (Phi) is 5.77. The summed E-state index contributed by atoms with van der Waals surface area (Å²) in [6.07, 6.45) is 8.62. The van der Waals surface area contributed by atoms with E-state index in [1.165, 1.54) is 31.9 Å². The molecule has 2 N–H and O–H groups in total. The number of nitrogens with one attached hydrogen (secondary N) is 2. The number of benzene rings is 1. The molecule has 1 aliphatic rings. The second kappa shape index (κ2) is 8.42. The Balaban J connectivity index is 1.52. The number of carbonyl (C=O) groups excluding carboxylic acids is 2. The van der Waals surface area contributed by atoms with Crippen molar-refractivity contribution in [1.29, 1.82) is 0 Å². The molecule has 1 aliphatic carbocycles. The van der Waals surface area contributed by atoms with Crippen LogP contribution >= 0.6 is 0 Å². The van der Waals surface area contributed by atoms with Crippen LogP contribution in [-0.2, 0) is 11.3 Å². The first kappa shape index (κ1) is 17.1. The standard InChI is InChI=1S/C20H23N3O2/c24-19(12-15-5-1-2-6-15)22-13-16-7-3-9-18(11-16)23-20(25)17-8-4-10-21-14-17/h3-4,7-11,14-15H,1-2,5-6,12-13H2,(H,22,24)(H,23,25). The van der Waals surface area contributed by atoms with Crippen molar-refractivity contribution in [3.05, 3.63) is 59.9 Å². The highest BCUT2D eigenvalue weighted by Crippen LogP contribution is 2.27. The van der Waals surface area contributed by atoms with E-state index in [9.17, 15) is 9.59 Å². The Morgan fingerprint density at radius 2 is 1.96 bits per heavy atom. The summed E-state index contributed by atoms with van der Waals surface area (Å²) in [4.78, 5) is 28.1. The van der Waals surface area contributed by atoms with Gasteiger partial charge in [0, 0.05) is 31.0 Å². The zero-order valence-corrected chi connectivity index (χ0v) is 14.2. The summed E-state index contributed by atoms with van der Waals surface area (Å²) >= 11 is 0. The molecule has 2 aromatic rings. The summed E-state index contributed by atoms with van der Waals surface area (Å²) in [6, 6.07) is 11.0. The van der Waals surface area contributed by atoms with Crippen LogP contribution in [0.4, 0.5) is 5.69 Å². The van der Waals surface area contributed by atoms with Crippen LogP contribution in [-0.4, -0.2) is 16.8 Å². The molecule has 0 spiro atoms. The van der Waals surface area contributed by atoms with Gasteiger partial charge < -0.3 is 10.6 Å². The van der Waals surface area contributed by atoms with Crippen LogP contribution in [0.1, 0.15) is 48.0 Å². The average Bonchev–Trinajstić information content (AvgIpc) is 3.14. The number of hydrogen-bond acceptors (Lipinski definition) is 3. The van der Waals surface area contributed by atoms with Gasteiger partial charge in [-0.05, 0) is 48.6 Å². The highest BCUT2D eigenvalue weighted by molar-refractivity contribution is 6.04. The van der Waals surface area contributed by atoms with Crippen LogP contribution in [0.2, 0.25) is 0 Å². The molecule has 3 rings (SSSR count). The minimum atomic E-state index is -0.199. The molecule has 1 fully saturated rings. The Labute approximate surface area is 147 Å². The molecular weight excluding hydrogens is 314 g/mol. The lowest BCUT2D eigenvalue weighted by molar-refractivity contribution is -0.122. The van der Waals surface area contributed by atoms with E-state index in [1.807, 2.05) is 24.3 Å². The molecule has 1 heterocycles. The maximum absolute atomic E-state index is 12.2. The molecule has 0 bridgehead atoms. The van der Waals surface area contributed by atoms with Gasteiger partial charge in [0.1, 0.15) is 0 Å². The SMILES string of the molecule is O=C(CC1CCCC1)NCc1cccc(NC(=O)c2cccnc2)c1. The summed E-state index contributed by atoms with van der Waals surface area (Å²) in [7, 11) is 0. The second-order valence-corrected chi connectivity index (χ2v) is 6.53. The first-order valence-electron chi connectivity index (χ1n) is 8.78. The molecule has 0 radical (unpaired) electrons. The number of aromatic nitrogens is 1. The number of hydrogen-bond donors (Lipinski definition) is 2. The largest absolute Gasteiger partial charge is 0.352 e. The van der Waals surface area contributed by atoms with Crippen LogP contribution in [0.15, 0.2) is 48.8 Å². The third kappa shape index (κ3) is 5.14. The second-order valence-electron chi connectivity index (χ2n) is 6.53. The highest BCUT2D eigenvalue weighted by Gasteiger charge is 2.18. The average molecular weight is 337 g/mol. The number of amides is 2. The van der Waals surface area contributed by atoms with Crippen molar-refractivity contribution in [2.45, 2.75) is 38.6 Å². The van der Waals surface area contributed by atoms with Crippen LogP contribution in [0.5, 0.6) is 0 Å². The third-order valence-electron chi connectivity index (χ3n) is 4.55. The highest BCUT2D eigenvalue weighted by atomic mass is 16.2. The predicted molar refractivity (Wildman–Crippen MR) is 97.1 cm³/mol. The van der Waals surface area contributed by atoms with E-state index in [0.29, 0.717) is 30.1 Å². The number of carbonyl (C=O) groups is 2. The van der Waals surface area contributed by atoms with Crippen molar-refractivity contribution >= 4 is 17.5 Å². The zero-order chi connectivity index (χ0) is 17.5. The van der Waals surface area contributed by atoms with Gasteiger partial charge in [-0.15, -0.1) is 0 Å². The fourth-order valence-corrected chi connectivity index (χ4v) is 3.21. The van der Waals surface area contributed by atoms with Gasteiger partial charge in [-0.2, -0.15) is 0 Å². The fourth-order valence-electron chi connectivity index (χ4n) is 3.21. The number of pyridine rings is 1. The monoisotopic (exact) mass is 337 g/mol. The van der Waals surface area contributed by atoms with E-state index in [4.69, 9.17) is 0 Å². The maximum Gasteiger partial charge on any atom is 0.257 e. The summed E-state index contributed by atoms with van der Waals surface area (Å²) in [5.74, 6) is 0.456. The molecule has 2 amide bonds. The van der Waals surface area contributed by atoms with Crippen molar-refractivity contribution in [3.8, 4) is 0 Å². The predicted octanol–water partition coefficient (Wildman–Crippen LogP) is 3.53. The number of rotatable bonds is 6. The molecule has 1 aromatic heterocycles. The maximum atomic E-state index is 12.2. The summed E-state index contributed by atoms with van der Waals surface area (Å²) in [6.45, 7) is 0.474.